The van der Waals surface area contributed by atoms with Gasteiger partial charge in [0.15, 0.2) is 0 Å². The highest BCUT2D eigenvalue weighted by atomic mass is 16.6. The molecule has 1 amide bonds. The van der Waals surface area contributed by atoms with Gasteiger partial charge in [-0.05, 0) is 66.3 Å². The number of likely N-dealkylation sites (tertiary alicyclic amines) is 1. The van der Waals surface area contributed by atoms with Gasteiger partial charge in [0.2, 0.25) is 0 Å². The molecule has 1 saturated heterocycles. The minimum Gasteiger partial charge on any atom is -0.444 e. The van der Waals surface area contributed by atoms with E-state index in [4.69, 9.17) is 9.47 Å². The van der Waals surface area contributed by atoms with Crippen molar-refractivity contribution in [3.63, 3.8) is 0 Å². The standard InChI is InChI=1S/C17H32N2O3/c1-5-21-15-11-13(12-15)18-9-8-14-7-6-10-19(14)16(20)22-17(2,3)4/h13-15,18H,5-12H2,1-4H3. The van der Waals surface area contributed by atoms with E-state index in [1.54, 1.807) is 0 Å². The SMILES string of the molecule is CCOC1CC(NCCC2CCCN2C(=O)OC(C)(C)C)C1. The number of carbonyl (C=O) groups is 1. The Bertz CT molecular complexity index is 361. The number of amides is 1. The van der Waals surface area contributed by atoms with Crippen molar-refractivity contribution in [1.82, 2.24) is 10.2 Å². The average Bonchev–Trinajstić information content (AvgIpc) is 2.82. The number of nitrogens with zero attached hydrogens (tertiary/aromatic N) is 1. The van der Waals surface area contributed by atoms with Crippen molar-refractivity contribution in [2.24, 2.45) is 0 Å². The molecule has 2 rings (SSSR count). The maximum absolute atomic E-state index is 12.2. The fourth-order valence-corrected chi connectivity index (χ4v) is 3.25. The summed E-state index contributed by atoms with van der Waals surface area (Å²) in [5, 5.41) is 3.58. The van der Waals surface area contributed by atoms with Gasteiger partial charge < -0.3 is 19.7 Å². The van der Waals surface area contributed by atoms with Crippen molar-refractivity contribution in [3.05, 3.63) is 0 Å². The van der Waals surface area contributed by atoms with E-state index >= 15 is 0 Å². The number of rotatable bonds is 6. The largest absolute Gasteiger partial charge is 0.444 e. The third-order valence-electron chi connectivity index (χ3n) is 4.41. The summed E-state index contributed by atoms with van der Waals surface area (Å²) < 4.78 is 11.1. The Labute approximate surface area is 134 Å². The summed E-state index contributed by atoms with van der Waals surface area (Å²) in [7, 11) is 0. The highest BCUT2D eigenvalue weighted by Gasteiger charge is 2.33. The fourth-order valence-electron chi connectivity index (χ4n) is 3.25. The molecule has 1 atom stereocenters. The molecule has 5 nitrogen and oxygen atoms in total. The molecular weight excluding hydrogens is 280 g/mol. The fraction of sp³-hybridized carbons (Fsp3) is 0.941. The van der Waals surface area contributed by atoms with E-state index in [1.807, 2.05) is 32.6 Å². The van der Waals surface area contributed by atoms with Gasteiger partial charge in [-0.15, -0.1) is 0 Å². The maximum atomic E-state index is 12.2. The topological polar surface area (TPSA) is 50.8 Å². The first-order chi connectivity index (χ1) is 10.4. The lowest BCUT2D eigenvalue weighted by Gasteiger charge is -2.36. The van der Waals surface area contributed by atoms with Crippen LogP contribution in [0, 0.1) is 0 Å². The van der Waals surface area contributed by atoms with Crippen molar-refractivity contribution < 1.29 is 14.3 Å². The summed E-state index contributed by atoms with van der Waals surface area (Å²) >= 11 is 0. The van der Waals surface area contributed by atoms with Crippen LogP contribution in [0.5, 0.6) is 0 Å². The van der Waals surface area contributed by atoms with Crippen molar-refractivity contribution in [2.45, 2.75) is 83.6 Å². The van der Waals surface area contributed by atoms with Gasteiger partial charge in [0, 0.05) is 25.2 Å². The molecule has 2 aliphatic rings. The van der Waals surface area contributed by atoms with Gasteiger partial charge in [0.05, 0.1) is 6.10 Å². The molecule has 0 aromatic carbocycles. The van der Waals surface area contributed by atoms with Gasteiger partial charge in [-0.1, -0.05) is 0 Å². The van der Waals surface area contributed by atoms with Gasteiger partial charge in [-0.25, -0.2) is 4.79 Å². The molecule has 22 heavy (non-hydrogen) atoms. The molecular formula is C17H32N2O3. The second-order valence-electron chi connectivity index (χ2n) is 7.46. The zero-order valence-corrected chi connectivity index (χ0v) is 14.6. The monoisotopic (exact) mass is 312 g/mol. The third-order valence-corrected chi connectivity index (χ3v) is 4.41. The van der Waals surface area contributed by atoms with Gasteiger partial charge in [-0.2, -0.15) is 0 Å². The van der Waals surface area contributed by atoms with E-state index in [0.717, 1.165) is 51.8 Å². The van der Waals surface area contributed by atoms with Gasteiger partial charge in [0.25, 0.3) is 0 Å². The van der Waals surface area contributed by atoms with Crippen LogP contribution >= 0.6 is 0 Å². The smallest absolute Gasteiger partial charge is 0.410 e. The predicted octanol–water partition coefficient (Wildman–Crippen LogP) is 2.93. The minimum atomic E-state index is -0.414. The molecule has 0 radical (unpaired) electrons. The summed E-state index contributed by atoms with van der Waals surface area (Å²) in [6, 6.07) is 0.915. The van der Waals surface area contributed by atoms with E-state index in [-0.39, 0.29) is 6.09 Å². The van der Waals surface area contributed by atoms with Gasteiger partial charge in [-0.3, -0.25) is 0 Å². The summed E-state index contributed by atoms with van der Waals surface area (Å²) in [6.45, 7) is 10.4. The first-order valence-electron chi connectivity index (χ1n) is 8.73. The van der Waals surface area contributed by atoms with Crippen LogP contribution in [0.1, 0.15) is 59.8 Å². The molecule has 0 aromatic heterocycles. The Kier molecular flexibility index (Phi) is 6.09. The molecule has 0 spiro atoms. The number of hydrogen-bond donors (Lipinski definition) is 1. The Hall–Kier alpha value is -0.810. The van der Waals surface area contributed by atoms with Crippen molar-refractivity contribution in [2.75, 3.05) is 19.7 Å². The summed E-state index contributed by atoms with van der Waals surface area (Å²) in [5.74, 6) is 0. The van der Waals surface area contributed by atoms with Crippen molar-refractivity contribution in [3.8, 4) is 0 Å². The molecule has 0 bridgehead atoms. The summed E-state index contributed by atoms with van der Waals surface area (Å²) in [5.41, 5.74) is -0.414. The van der Waals surface area contributed by atoms with E-state index in [2.05, 4.69) is 5.32 Å². The second kappa shape index (κ2) is 7.64. The van der Waals surface area contributed by atoms with Crippen LogP contribution in [0.3, 0.4) is 0 Å². The van der Waals surface area contributed by atoms with Crippen LogP contribution < -0.4 is 5.32 Å². The normalized spacial score (nSPS) is 28.5. The van der Waals surface area contributed by atoms with Gasteiger partial charge >= 0.3 is 6.09 Å². The van der Waals surface area contributed by atoms with E-state index in [9.17, 15) is 4.79 Å². The van der Waals surface area contributed by atoms with E-state index in [0.29, 0.717) is 18.2 Å². The zero-order valence-electron chi connectivity index (χ0n) is 14.6. The minimum absolute atomic E-state index is 0.157. The van der Waals surface area contributed by atoms with Crippen LogP contribution in [0.25, 0.3) is 0 Å². The molecule has 128 valence electrons. The molecule has 0 aromatic rings. The van der Waals surface area contributed by atoms with Crippen LogP contribution in [0.2, 0.25) is 0 Å². The quantitative estimate of drug-likeness (QED) is 0.819. The first-order valence-corrected chi connectivity index (χ1v) is 8.73. The van der Waals surface area contributed by atoms with Crippen LogP contribution in [-0.4, -0.2) is 54.5 Å². The van der Waals surface area contributed by atoms with Crippen LogP contribution in [0.4, 0.5) is 4.79 Å². The van der Waals surface area contributed by atoms with E-state index < -0.39 is 5.60 Å². The van der Waals surface area contributed by atoms with E-state index in [1.165, 1.54) is 0 Å². The number of carbonyl (C=O) groups excluding carboxylic acids is 1. The molecule has 2 fully saturated rings. The number of hydrogen-bond acceptors (Lipinski definition) is 4. The maximum Gasteiger partial charge on any atom is 0.410 e. The molecule has 1 saturated carbocycles. The third kappa shape index (κ3) is 5.13. The molecule has 5 heteroatoms. The molecule has 1 heterocycles. The average molecular weight is 312 g/mol. The molecule has 1 N–H and O–H groups in total. The molecule has 1 aliphatic carbocycles. The van der Waals surface area contributed by atoms with Crippen molar-refractivity contribution in [1.29, 1.82) is 0 Å². The number of ether oxygens (including phenoxy) is 2. The molecule has 1 unspecified atom stereocenters. The lowest BCUT2D eigenvalue weighted by Crippen LogP contribution is -2.47. The predicted molar refractivity (Wildman–Crippen MR) is 87.0 cm³/mol. The van der Waals surface area contributed by atoms with Crippen LogP contribution in [0.15, 0.2) is 0 Å². The Morgan fingerprint density at radius 1 is 1.32 bits per heavy atom. The van der Waals surface area contributed by atoms with Crippen molar-refractivity contribution >= 4 is 6.09 Å². The van der Waals surface area contributed by atoms with Gasteiger partial charge in [0.1, 0.15) is 5.60 Å². The van der Waals surface area contributed by atoms with Crippen LogP contribution in [-0.2, 0) is 9.47 Å². The second-order valence-corrected chi connectivity index (χ2v) is 7.46. The Morgan fingerprint density at radius 3 is 2.68 bits per heavy atom. The highest BCUT2D eigenvalue weighted by molar-refractivity contribution is 5.68. The lowest BCUT2D eigenvalue weighted by atomic mass is 9.89. The summed E-state index contributed by atoms with van der Waals surface area (Å²) in [6.07, 6.45) is 5.71. The number of nitrogens with one attached hydrogen (secondary N) is 1. The highest BCUT2D eigenvalue weighted by Crippen LogP contribution is 2.25. The summed E-state index contributed by atoms with van der Waals surface area (Å²) in [4.78, 5) is 14.1. The zero-order chi connectivity index (χ0) is 16.2. The Morgan fingerprint density at radius 2 is 2.05 bits per heavy atom. The first kappa shape index (κ1) is 17.5. The Balaban J connectivity index is 1.65. The molecule has 1 aliphatic heterocycles. The lowest BCUT2D eigenvalue weighted by molar-refractivity contribution is -0.0102.